The highest BCUT2D eigenvalue weighted by Crippen LogP contribution is 2.30. The summed E-state index contributed by atoms with van der Waals surface area (Å²) in [4.78, 5) is 1.27. The van der Waals surface area contributed by atoms with Gasteiger partial charge in [0.2, 0.25) is 0 Å². The standard InChI is InChI=1S/C19H26N2S/c1-14(2)12-15(3)20-18-11-10-17(13-19(18)22-4)21-16-8-6-5-7-9-16/h5-11,13-15,20-21H,12H2,1-4H3. The molecule has 118 valence electrons. The highest BCUT2D eigenvalue weighted by atomic mass is 32.2. The number of para-hydroxylation sites is 1. The second-order valence-electron chi connectivity index (χ2n) is 6.08. The van der Waals surface area contributed by atoms with Gasteiger partial charge in [0.25, 0.3) is 0 Å². The van der Waals surface area contributed by atoms with Crippen molar-refractivity contribution in [2.45, 2.75) is 38.1 Å². The first-order valence-electron chi connectivity index (χ1n) is 7.85. The van der Waals surface area contributed by atoms with Crippen LogP contribution in [0.1, 0.15) is 27.2 Å². The van der Waals surface area contributed by atoms with Crippen LogP contribution in [0.3, 0.4) is 0 Å². The summed E-state index contributed by atoms with van der Waals surface area (Å²) in [6.45, 7) is 6.78. The quantitative estimate of drug-likeness (QED) is 0.613. The van der Waals surface area contributed by atoms with E-state index in [0.717, 1.165) is 11.4 Å². The third-order valence-electron chi connectivity index (χ3n) is 3.49. The molecule has 2 N–H and O–H groups in total. The molecule has 2 nitrogen and oxygen atoms in total. The lowest BCUT2D eigenvalue weighted by Crippen LogP contribution is -2.17. The van der Waals surface area contributed by atoms with Crippen LogP contribution in [0.5, 0.6) is 0 Å². The maximum atomic E-state index is 3.64. The largest absolute Gasteiger partial charge is 0.382 e. The highest BCUT2D eigenvalue weighted by Gasteiger charge is 2.09. The number of nitrogens with one attached hydrogen (secondary N) is 2. The maximum absolute atomic E-state index is 3.64. The van der Waals surface area contributed by atoms with Crippen LogP contribution in [-0.2, 0) is 0 Å². The van der Waals surface area contributed by atoms with Gasteiger partial charge in [-0.25, -0.2) is 0 Å². The molecule has 0 aliphatic heterocycles. The molecule has 2 rings (SSSR count). The van der Waals surface area contributed by atoms with Gasteiger partial charge in [0.15, 0.2) is 0 Å². The zero-order valence-corrected chi connectivity index (χ0v) is 14.7. The summed E-state index contributed by atoms with van der Waals surface area (Å²) in [6.07, 6.45) is 3.30. The highest BCUT2D eigenvalue weighted by molar-refractivity contribution is 7.98. The summed E-state index contributed by atoms with van der Waals surface area (Å²) in [5.41, 5.74) is 3.46. The van der Waals surface area contributed by atoms with Gasteiger partial charge in [-0.1, -0.05) is 32.0 Å². The molecule has 0 saturated heterocycles. The van der Waals surface area contributed by atoms with Gasteiger partial charge in [-0.05, 0) is 55.9 Å². The fourth-order valence-electron chi connectivity index (χ4n) is 2.61. The topological polar surface area (TPSA) is 24.1 Å². The number of rotatable bonds is 7. The van der Waals surface area contributed by atoms with Crippen molar-refractivity contribution in [1.29, 1.82) is 0 Å². The van der Waals surface area contributed by atoms with Gasteiger partial charge < -0.3 is 10.6 Å². The van der Waals surface area contributed by atoms with E-state index in [2.05, 4.69) is 68.0 Å². The number of anilines is 3. The van der Waals surface area contributed by atoms with Crippen molar-refractivity contribution in [2.75, 3.05) is 16.9 Å². The van der Waals surface area contributed by atoms with Crippen molar-refractivity contribution < 1.29 is 0 Å². The molecule has 22 heavy (non-hydrogen) atoms. The second-order valence-corrected chi connectivity index (χ2v) is 6.93. The van der Waals surface area contributed by atoms with Gasteiger partial charge in [0.1, 0.15) is 0 Å². The molecule has 0 amide bonds. The van der Waals surface area contributed by atoms with Crippen molar-refractivity contribution in [3.63, 3.8) is 0 Å². The van der Waals surface area contributed by atoms with E-state index in [1.807, 2.05) is 18.2 Å². The summed E-state index contributed by atoms with van der Waals surface area (Å²) < 4.78 is 0. The number of hydrogen-bond acceptors (Lipinski definition) is 3. The predicted octanol–water partition coefficient (Wildman–Crippen LogP) is 6.00. The Morgan fingerprint density at radius 2 is 1.68 bits per heavy atom. The van der Waals surface area contributed by atoms with Crippen LogP contribution in [-0.4, -0.2) is 12.3 Å². The Morgan fingerprint density at radius 3 is 2.32 bits per heavy atom. The summed E-state index contributed by atoms with van der Waals surface area (Å²) in [5, 5.41) is 7.09. The van der Waals surface area contributed by atoms with E-state index in [0.29, 0.717) is 12.0 Å². The molecule has 0 aliphatic rings. The fourth-order valence-corrected chi connectivity index (χ4v) is 3.20. The first-order valence-corrected chi connectivity index (χ1v) is 9.07. The molecular weight excluding hydrogens is 288 g/mol. The summed E-state index contributed by atoms with van der Waals surface area (Å²) >= 11 is 1.78. The minimum absolute atomic E-state index is 0.485. The van der Waals surface area contributed by atoms with E-state index in [-0.39, 0.29) is 0 Å². The Kier molecular flexibility index (Phi) is 6.20. The molecule has 1 atom stereocenters. The third-order valence-corrected chi connectivity index (χ3v) is 4.27. The van der Waals surface area contributed by atoms with Gasteiger partial charge in [-0.3, -0.25) is 0 Å². The van der Waals surface area contributed by atoms with Gasteiger partial charge in [-0.2, -0.15) is 0 Å². The molecule has 0 spiro atoms. The monoisotopic (exact) mass is 314 g/mol. The van der Waals surface area contributed by atoms with Crippen LogP contribution in [0, 0.1) is 5.92 Å². The van der Waals surface area contributed by atoms with Crippen LogP contribution in [0.2, 0.25) is 0 Å². The van der Waals surface area contributed by atoms with Gasteiger partial charge in [-0.15, -0.1) is 11.8 Å². The normalized spacial score (nSPS) is 12.2. The molecule has 2 aromatic carbocycles. The SMILES string of the molecule is CSc1cc(Nc2ccccc2)ccc1NC(C)CC(C)C. The van der Waals surface area contributed by atoms with E-state index in [9.17, 15) is 0 Å². The van der Waals surface area contributed by atoms with Crippen molar-refractivity contribution in [2.24, 2.45) is 5.92 Å². The van der Waals surface area contributed by atoms with Crippen LogP contribution >= 0.6 is 11.8 Å². The van der Waals surface area contributed by atoms with Crippen molar-refractivity contribution in [1.82, 2.24) is 0 Å². The predicted molar refractivity (Wildman–Crippen MR) is 100 cm³/mol. The summed E-state index contributed by atoms with van der Waals surface area (Å²) in [6, 6.07) is 17.3. The molecule has 1 unspecified atom stereocenters. The molecular formula is C19H26N2S. The molecule has 0 radical (unpaired) electrons. The second kappa shape index (κ2) is 8.14. The average molecular weight is 314 g/mol. The lowest BCUT2D eigenvalue weighted by atomic mass is 10.1. The van der Waals surface area contributed by atoms with E-state index in [4.69, 9.17) is 0 Å². The third kappa shape index (κ3) is 4.99. The molecule has 3 heteroatoms. The smallest absolute Gasteiger partial charge is 0.0481 e. The summed E-state index contributed by atoms with van der Waals surface area (Å²) in [5.74, 6) is 0.708. The average Bonchev–Trinajstić information content (AvgIpc) is 2.49. The number of hydrogen-bond donors (Lipinski definition) is 2. The van der Waals surface area contributed by atoms with E-state index < -0.39 is 0 Å². The first kappa shape index (κ1) is 16.8. The lowest BCUT2D eigenvalue weighted by molar-refractivity contribution is 0.539. The molecule has 0 aromatic heterocycles. The Balaban J connectivity index is 2.10. The van der Waals surface area contributed by atoms with E-state index in [1.54, 1.807) is 11.8 Å². The first-order chi connectivity index (χ1) is 10.6. The van der Waals surface area contributed by atoms with Gasteiger partial charge in [0, 0.05) is 28.0 Å². The van der Waals surface area contributed by atoms with Crippen LogP contribution in [0.25, 0.3) is 0 Å². The minimum atomic E-state index is 0.485. The van der Waals surface area contributed by atoms with Gasteiger partial charge >= 0.3 is 0 Å². The zero-order valence-electron chi connectivity index (χ0n) is 13.9. The van der Waals surface area contributed by atoms with Crippen LogP contribution in [0.15, 0.2) is 53.4 Å². The van der Waals surface area contributed by atoms with Crippen LogP contribution in [0.4, 0.5) is 17.1 Å². The minimum Gasteiger partial charge on any atom is -0.382 e. The molecule has 0 fully saturated rings. The molecule has 0 heterocycles. The van der Waals surface area contributed by atoms with Gasteiger partial charge in [0.05, 0.1) is 0 Å². The molecule has 0 aliphatic carbocycles. The van der Waals surface area contributed by atoms with Crippen molar-refractivity contribution in [3.8, 4) is 0 Å². The van der Waals surface area contributed by atoms with E-state index in [1.165, 1.54) is 17.0 Å². The summed E-state index contributed by atoms with van der Waals surface area (Å²) in [7, 11) is 0. The number of thioether (sulfide) groups is 1. The lowest BCUT2D eigenvalue weighted by Gasteiger charge is -2.20. The Hall–Kier alpha value is -1.61. The Morgan fingerprint density at radius 1 is 0.955 bits per heavy atom. The Bertz CT molecular complexity index is 581. The fraction of sp³-hybridized carbons (Fsp3) is 0.368. The zero-order chi connectivity index (χ0) is 15.9. The van der Waals surface area contributed by atoms with E-state index >= 15 is 0 Å². The van der Waals surface area contributed by atoms with Crippen molar-refractivity contribution in [3.05, 3.63) is 48.5 Å². The van der Waals surface area contributed by atoms with Crippen LogP contribution < -0.4 is 10.6 Å². The van der Waals surface area contributed by atoms with Crippen molar-refractivity contribution >= 4 is 28.8 Å². The Labute approximate surface area is 138 Å². The number of benzene rings is 2. The molecule has 0 saturated carbocycles. The maximum Gasteiger partial charge on any atom is 0.0481 e. The molecule has 2 aromatic rings. The molecule has 0 bridgehead atoms.